The summed E-state index contributed by atoms with van der Waals surface area (Å²) in [4.78, 5) is 30.0. The van der Waals surface area contributed by atoms with Gasteiger partial charge in [-0.3, -0.25) is 4.79 Å². The first-order valence-corrected chi connectivity index (χ1v) is 9.87. The third-order valence-electron chi connectivity index (χ3n) is 4.66. The second-order valence-electron chi connectivity index (χ2n) is 6.74. The summed E-state index contributed by atoms with van der Waals surface area (Å²) in [6.07, 6.45) is 3.70. The number of hydrogen-bond donors (Lipinski definition) is 1. The van der Waals surface area contributed by atoms with E-state index in [-0.39, 0.29) is 10.4 Å². The number of nitrogens with zero attached hydrogens (tertiary/aromatic N) is 2. The SMILES string of the molecule is Cc1cccc(C=Cc2nc3sc(C(=O)O)c(-c4ccccc4)n3c(=O)c2C)c1. The van der Waals surface area contributed by atoms with E-state index in [1.807, 2.05) is 55.5 Å². The monoisotopic (exact) mass is 402 g/mol. The molecule has 0 atom stereocenters. The van der Waals surface area contributed by atoms with Crippen molar-refractivity contribution in [2.45, 2.75) is 13.8 Å². The van der Waals surface area contributed by atoms with Crippen LogP contribution in [0.3, 0.4) is 0 Å². The van der Waals surface area contributed by atoms with E-state index >= 15 is 0 Å². The summed E-state index contributed by atoms with van der Waals surface area (Å²) in [6, 6.07) is 17.1. The van der Waals surface area contributed by atoms with Gasteiger partial charge in [0.25, 0.3) is 5.56 Å². The number of rotatable bonds is 4. The van der Waals surface area contributed by atoms with Crippen LogP contribution in [0.5, 0.6) is 0 Å². The van der Waals surface area contributed by atoms with Crippen LogP contribution in [0, 0.1) is 13.8 Å². The Morgan fingerprint density at radius 2 is 1.83 bits per heavy atom. The molecule has 0 unspecified atom stereocenters. The molecular weight excluding hydrogens is 384 g/mol. The predicted octanol–water partition coefficient (Wildman–Crippen LogP) is 4.91. The highest BCUT2D eigenvalue weighted by atomic mass is 32.1. The average molecular weight is 402 g/mol. The van der Waals surface area contributed by atoms with E-state index in [1.165, 1.54) is 4.40 Å². The molecule has 0 bridgehead atoms. The van der Waals surface area contributed by atoms with E-state index in [2.05, 4.69) is 4.98 Å². The summed E-state index contributed by atoms with van der Waals surface area (Å²) in [6.45, 7) is 3.73. The van der Waals surface area contributed by atoms with Crippen LogP contribution in [0.2, 0.25) is 0 Å². The summed E-state index contributed by atoms with van der Waals surface area (Å²) >= 11 is 1.01. The summed E-state index contributed by atoms with van der Waals surface area (Å²) in [5, 5.41) is 9.69. The quantitative estimate of drug-likeness (QED) is 0.527. The van der Waals surface area contributed by atoms with Crippen LogP contribution in [0.15, 0.2) is 59.4 Å². The largest absolute Gasteiger partial charge is 0.477 e. The number of thiazole rings is 1. The van der Waals surface area contributed by atoms with Crippen molar-refractivity contribution in [2.24, 2.45) is 0 Å². The maximum Gasteiger partial charge on any atom is 0.348 e. The molecule has 6 heteroatoms. The number of benzene rings is 2. The standard InChI is InChI=1S/C23H18N2O3S/c1-14-7-6-8-16(13-14)11-12-18-15(2)21(26)25-19(17-9-4-3-5-10-17)20(22(27)28)29-23(25)24-18/h3-13H,1-2H3,(H,27,28). The van der Waals surface area contributed by atoms with Crippen molar-refractivity contribution in [1.82, 2.24) is 9.38 Å². The molecule has 4 aromatic rings. The van der Waals surface area contributed by atoms with E-state index in [0.29, 0.717) is 27.5 Å². The van der Waals surface area contributed by atoms with E-state index in [9.17, 15) is 14.7 Å². The Bertz CT molecular complexity index is 1320. The Hall–Kier alpha value is -3.51. The minimum absolute atomic E-state index is 0.0972. The Morgan fingerprint density at radius 3 is 2.52 bits per heavy atom. The molecule has 0 radical (unpaired) electrons. The summed E-state index contributed by atoms with van der Waals surface area (Å²) in [7, 11) is 0. The molecule has 0 fully saturated rings. The summed E-state index contributed by atoms with van der Waals surface area (Å²) < 4.78 is 1.41. The van der Waals surface area contributed by atoms with Gasteiger partial charge in [-0.1, -0.05) is 77.6 Å². The molecule has 0 spiro atoms. The van der Waals surface area contributed by atoms with Crippen molar-refractivity contribution < 1.29 is 9.90 Å². The molecule has 2 heterocycles. The maximum absolute atomic E-state index is 13.1. The minimum Gasteiger partial charge on any atom is -0.477 e. The lowest BCUT2D eigenvalue weighted by Gasteiger charge is -2.05. The lowest BCUT2D eigenvalue weighted by molar-refractivity contribution is 0.0702. The number of aryl methyl sites for hydroxylation is 1. The van der Waals surface area contributed by atoms with E-state index in [1.54, 1.807) is 25.1 Å². The van der Waals surface area contributed by atoms with Crippen LogP contribution in [-0.4, -0.2) is 20.5 Å². The molecule has 0 saturated carbocycles. The van der Waals surface area contributed by atoms with E-state index in [4.69, 9.17) is 0 Å². The number of aromatic nitrogens is 2. The van der Waals surface area contributed by atoms with Crippen LogP contribution < -0.4 is 5.56 Å². The Morgan fingerprint density at radius 1 is 1.07 bits per heavy atom. The van der Waals surface area contributed by atoms with E-state index in [0.717, 1.165) is 22.5 Å². The molecule has 2 aromatic heterocycles. The third-order valence-corrected chi connectivity index (χ3v) is 5.69. The van der Waals surface area contributed by atoms with Crippen molar-refractivity contribution in [3.05, 3.63) is 92.2 Å². The average Bonchev–Trinajstić information content (AvgIpc) is 3.10. The molecule has 0 aliphatic rings. The van der Waals surface area contributed by atoms with Gasteiger partial charge in [-0.05, 0) is 25.5 Å². The second-order valence-corrected chi connectivity index (χ2v) is 7.72. The number of hydrogen-bond acceptors (Lipinski definition) is 4. The molecule has 29 heavy (non-hydrogen) atoms. The molecular formula is C23H18N2O3S. The summed E-state index contributed by atoms with van der Waals surface area (Å²) in [5.41, 5.74) is 3.93. The molecule has 0 amide bonds. The van der Waals surface area contributed by atoms with Gasteiger partial charge in [0, 0.05) is 11.1 Å². The zero-order valence-electron chi connectivity index (χ0n) is 15.9. The number of aromatic carboxylic acids is 1. The first-order chi connectivity index (χ1) is 14.0. The van der Waals surface area contributed by atoms with E-state index < -0.39 is 5.97 Å². The molecule has 4 rings (SSSR count). The maximum atomic E-state index is 13.1. The minimum atomic E-state index is -1.08. The normalized spacial score (nSPS) is 11.4. The Kier molecular flexibility index (Phi) is 4.86. The smallest absolute Gasteiger partial charge is 0.348 e. The zero-order chi connectivity index (χ0) is 20.5. The molecule has 5 nitrogen and oxygen atoms in total. The van der Waals surface area contributed by atoms with Gasteiger partial charge in [-0.25, -0.2) is 14.2 Å². The Balaban J connectivity index is 1.92. The van der Waals surface area contributed by atoms with Crippen molar-refractivity contribution in [3.63, 3.8) is 0 Å². The lowest BCUT2D eigenvalue weighted by atomic mass is 10.1. The molecule has 0 aliphatic heterocycles. The highest BCUT2D eigenvalue weighted by molar-refractivity contribution is 7.19. The van der Waals surface area contributed by atoms with Gasteiger partial charge < -0.3 is 5.11 Å². The van der Waals surface area contributed by atoms with Gasteiger partial charge in [0.2, 0.25) is 0 Å². The first kappa shape index (κ1) is 18.8. The van der Waals surface area contributed by atoms with Crippen LogP contribution in [0.25, 0.3) is 28.4 Å². The molecule has 144 valence electrons. The Labute approximate surface area is 171 Å². The number of carboxylic acids is 1. The number of fused-ring (bicyclic) bond motifs is 1. The highest BCUT2D eigenvalue weighted by Gasteiger charge is 2.22. The number of carbonyl (C=O) groups is 1. The fourth-order valence-corrected chi connectivity index (χ4v) is 4.21. The lowest BCUT2D eigenvalue weighted by Crippen LogP contribution is -2.19. The molecule has 2 aromatic carbocycles. The van der Waals surface area contributed by atoms with Gasteiger partial charge in [0.05, 0.1) is 11.4 Å². The summed E-state index contributed by atoms with van der Waals surface area (Å²) in [5.74, 6) is -1.08. The topological polar surface area (TPSA) is 71.7 Å². The highest BCUT2D eigenvalue weighted by Crippen LogP contribution is 2.30. The molecule has 0 saturated heterocycles. The fourth-order valence-electron chi connectivity index (χ4n) is 3.22. The van der Waals surface area contributed by atoms with Gasteiger partial charge >= 0.3 is 5.97 Å². The number of carboxylic acid groups (broad SMARTS) is 1. The van der Waals surface area contributed by atoms with Crippen molar-refractivity contribution in [1.29, 1.82) is 0 Å². The second kappa shape index (κ2) is 7.48. The van der Waals surface area contributed by atoms with Crippen molar-refractivity contribution in [2.75, 3.05) is 0 Å². The predicted molar refractivity (Wildman–Crippen MR) is 117 cm³/mol. The van der Waals surface area contributed by atoms with Crippen molar-refractivity contribution >= 4 is 34.4 Å². The first-order valence-electron chi connectivity index (χ1n) is 9.05. The van der Waals surface area contributed by atoms with Gasteiger partial charge in [0.15, 0.2) is 4.96 Å². The van der Waals surface area contributed by atoms with Crippen LogP contribution >= 0.6 is 11.3 Å². The van der Waals surface area contributed by atoms with Gasteiger partial charge in [-0.2, -0.15) is 0 Å². The van der Waals surface area contributed by atoms with Crippen LogP contribution in [-0.2, 0) is 0 Å². The fraction of sp³-hybridized carbons (Fsp3) is 0.0870. The zero-order valence-corrected chi connectivity index (χ0v) is 16.7. The van der Waals surface area contributed by atoms with Crippen molar-refractivity contribution in [3.8, 4) is 11.3 Å². The molecule has 0 aliphatic carbocycles. The third kappa shape index (κ3) is 3.50. The van der Waals surface area contributed by atoms with Crippen LogP contribution in [0.1, 0.15) is 32.1 Å². The molecule has 1 N–H and O–H groups in total. The van der Waals surface area contributed by atoms with Gasteiger partial charge in [0.1, 0.15) is 4.88 Å². The van der Waals surface area contributed by atoms with Crippen LogP contribution in [0.4, 0.5) is 0 Å². The van der Waals surface area contributed by atoms with Gasteiger partial charge in [-0.15, -0.1) is 0 Å².